The minimum absolute atomic E-state index is 0.0426. The normalized spacial score (nSPS) is 9.63. The molecule has 0 fully saturated rings. The van der Waals surface area contributed by atoms with Crippen LogP contribution in [0.2, 0.25) is 5.02 Å². The van der Waals surface area contributed by atoms with E-state index in [1.165, 1.54) is 7.11 Å². The molecular weight excluding hydrogens is 313 g/mol. The molecule has 1 aromatic carbocycles. The van der Waals surface area contributed by atoms with Gasteiger partial charge in [0.1, 0.15) is 5.69 Å². The molecule has 1 rings (SSSR count). The number of methoxy groups -OCH3 is 1. The van der Waals surface area contributed by atoms with Crippen molar-refractivity contribution in [3.05, 3.63) is 28.5 Å². The Hall–Kier alpha value is -1.27. The van der Waals surface area contributed by atoms with E-state index < -0.39 is 16.9 Å². The lowest BCUT2D eigenvalue weighted by Crippen LogP contribution is -2.06. The quantitative estimate of drug-likeness (QED) is 0.484. The molecular formula is C11H7ClFNO3S2. The Bertz CT molecular complexity index is 573. The van der Waals surface area contributed by atoms with Gasteiger partial charge in [-0.15, -0.1) is 0 Å². The first kappa shape index (κ1) is 15.8. The number of thiocarbonyl (C=S) groups is 1. The largest absolute Gasteiger partial charge is 0.468 e. The van der Waals surface area contributed by atoms with E-state index >= 15 is 0 Å². The highest BCUT2D eigenvalue weighted by molar-refractivity contribution is 8.14. The predicted octanol–water partition coefficient (Wildman–Crippen LogP) is 3.26. The Kier molecular flexibility index (Phi) is 6.11. The lowest BCUT2D eigenvalue weighted by atomic mass is 10.2. The van der Waals surface area contributed by atoms with E-state index in [0.29, 0.717) is 11.8 Å². The second-order valence-corrected chi connectivity index (χ2v) is 4.68. The van der Waals surface area contributed by atoms with Crippen molar-refractivity contribution in [2.24, 2.45) is 4.99 Å². The van der Waals surface area contributed by atoms with E-state index in [-0.39, 0.29) is 22.0 Å². The Labute approximate surface area is 123 Å². The minimum atomic E-state index is -0.711. The van der Waals surface area contributed by atoms with Gasteiger partial charge in [-0.1, -0.05) is 23.4 Å². The predicted molar refractivity (Wildman–Crippen MR) is 74.9 cm³/mol. The average molecular weight is 320 g/mol. The summed E-state index contributed by atoms with van der Waals surface area (Å²) in [5, 5.41) is 1.45. The average Bonchev–Trinajstić information content (AvgIpc) is 2.38. The van der Waals surface area contributed by atoms with E-state index in [2.05, 4.69) is 21.9 Å². The number of hydrogen-bond donors (Lipinski definition) is 0. The molecule has 0 saturated heterocycles. The molecule has 0 amide bonds. The van der Waals surface area contributed by atoms with Crippen molar-refractivity contribution in [2.75, 3.05) is 12.9 Å². The molecule has 4 nitrogen and oxygen atoms in total. The summed E-state index contributed by atoms with van der Waals surface area (Å²) in [5.74, 6) is -1.42. The highest BCUT2D eigenvalue weighted by atomic mass is 35.5. The van der Waals surface area contributed by atoms with Crippen LogP contribution < -0.4 is 0 Å². The number of carbonyl (C=O) groups excluding carboxylic acids is 2. The number of ether oxygens (including phenoxy) is 1. The fraction of sp³-hybridized carbons (Fsp3) is 0.182. The van der Waals surface area contributed by atoms with Gasteiger partial charge in [0, 0.05) is 5.56 Å². The molecule has 0 saturated carbocycles. The van der Waals surface area contributed by atoms with Gasteiger partial charge in [0.05, 0.1) is 23.0 Å². The van der Waals surface area contributed by atoms with Gasteiger partial charge in [-0.3, -0.25) is 9.59 Å². The van der Waals surface area contributed by atoms with Gasteiger partial charge in [-0.2, -0.15) is 4.99 Å². The lowest BCUT2D eigenvalue weighted by Gasteiger charge is -2.04. The van der Waals surface area contributed by atoms with Crippen molar-refractivity contribution >= 4 is 57.5 Å². The van der Waals surface area contributed by atoms with E-state index in [1.54, 1.807) is 0 Å². The second-order valence-electron chi connectivity index (χ2n) is 3.14. The summed E-state index contributed by atoms with van der Waals surface area (Å²) >= 11 is 10.8. The maximum absolute atomic E-state index is 13.4. The fourth-order valence-electron chi connectivity index (χ4n) is 1.09. The molecule has 0 bridgehead atoms. The maximum Gasteiger partial charge on any atom is 0.316 e. The van der Waals surface area contributed by atoms with E-state index in [4.69, 9.17) is 11.6 Å². The Morgan fingerprint density at radius 2 is 2.26 bits per heavy atom. The molecule has 0 unspecified atom stereocenters. The number of aliphatic imine (C=N–C) groups is 1. The number of benzene rings is 1. The molecule has 0 N–H and O–H groups in total. The summed E-state index contributed by atoms with van der Waals surface area (Å²) < 4.78 is 17.8. The van der Waals surface area contributed by atoms with Crippen LogP contribution in [0.4, 0.5) is 10.1 Å². The third-order valence-corrected chi connectivity index (χ3v) is 3.24. The molecule has 0 aliphatic heterocycles. The summed E-state index contributed by atoms with van der Waals surface area (Å²) in [6.45, 7) is 0. The topological polar surface area (TPSA) is 55.7 Å². The lowest BCUT2D eigenvalue weighted by molar-refractivity contribution is -0.137. The number of esters is 1. The van der Waals surface area contributed by atoms with Crippen LogP contribution >= 0.6 is 35.6 Å². The van der Waals surface area contributed by atoms with Gasteiger partial charge in [0.15, 0.2) is 5.82 Å². The SMILES string of the molecule is COC(=O)CSC(=O)c1cc(N=C=S)c(F)cc1Cl. The van der Waals surface area contributed by atoms with Gasteiger partial charge in [-0.05, 0) is 24.4 Å². The fourth-order valence-corrected chi connectivity index (χ4v) is 2.17. The minimum Gasteiger partial charge on any atom is -0.468 e. The van der Waals surface area contributed by atoms with Crippen LogP contribution in [0.1, 0.15) is 10.4 Å². The van der Waals surface area contributed by atoms with E-state index in [0.717, 1.165) is 12.1 Å². The van der Waals surface area contributed by atoms with Crippen LogP contribution in [0, 0.1) is 5.82 Å². The van der Waals surface area contributed by atoms with Crippen LogP contribution in [0.25, 0.3) is 0 Å². The zero-order chi connectivity index (χ0) is 14.4. The molecule has 100 valence electrons. The number of halogens is 2. The molecule has 0 aromatic heterocycles. The molecule has 0 heterocycles. The summed E-state index contributed by atoms with van der Waals surface area (Å²) in [7, 11) is 1.21. The number of nitrogens with zero attached hydrogens (tertiary/aromatic N) is 1. The van der Waals surface area contributed by atoms with Crippen LogP contribution in [-0.2, 0) is 9.53 Å². The van der Waals surface area contributed by atoms with E-state index in [1.807, 2.05) is 5.16 Å². The Morgan fingerprint density at radius 1 is 1.58 bits per heavy atom. The van der Waals surface area contributed by atoms with Crippen molar-refractivity contribution in [1.29, 1.82) is 0 Å². The highest BCUT2D eigenvalue weighted by Gasteiger charge is 2.16. The van der Waals surface area contributed by atoms with Crippen molar-refractivity contribution in [1.82, 2.24) is 0 Å². The third-order valence-electron chi connectivity index (χ3n) is 1.97. The van der Waals surface area contributed by atoms with Gasteiger partial charge >= 0.3 is 5.97 Å². The summed E-state index contributed by atoms with van der Waals surface area (Å²) in [6, 6.07) is 2.11. The van der Waals surface area contributed by atoms with Crippen molar-refractivity contribution in [3.8, 4) is 0 Å². The summed E-state index contributed by atoms with van der Waals surface area (Å²) in [4.78, 5) is 26.2. The molecule has 0 aliphatic rings. The highest BCUT2D eigenvalue weighted by Crippen LogP contribution is 2.28. The maximum atomic E-state index is 13.4. The van der Waals surface area contributed by atoms with Gasteiger partial charge < -0.3 is 4.74 Å². The zero-order valence-corrected chi connectivity index (χ0v) is 12.0. The van der Waals surface area contributed by atoms with Gasteiger partial charge in [0.25, 0.3) is 0 Å². The van der Waals surface area contributed by atoms with Crippen molar-refractivity contribution < 1.29 is 18.7 Å². The zero-order valence-electron chi connectivity index (χ0n) is 9.61. The van der Waals surface area contributed by atoms with Crippen LogP contribution in [0.3, 0.4) is 0 Å². The van der Waals surface area contributed by atoms with E-state index in [9.17, 15) is 14.0 Å². The van der Waals surface area contributed by atoms with Crippen LogP contribution in [0.5, 0.6) is 0 Å². The molecule has 1 aromatic rings. The first-order valence-corrected chi connectivity index (χ1v) is 6.57. The molecule has 8 heteroatoms. The molecule has 0 atom stereocenters. The van der Waals surface area contributed by atoms with Gasteiger partial charge in [-0.25, -0.2) is 4.39 Å². The molecule has 19 heavy (non-hydrogen) atoms. The van der Waals surface area contributed by atoms with Gasteiger partial charge in [0.2, 0.25) is 5.12 Å². The van der Waals surface area contributed by atoms with Crippen molar-refractivity contribution in [2.45, 2.75) is 0 Å². The Morgan fingerprint density at radius 3 is 2.84 bits per heavy atom. The molecule has 0 aliphatic carbocycles. The first-order chi connectivity index (χ1) is 8.99. The smallest absolute Gasteiger partial charge is 0.316 e. The summed E-state index contributed by atoms with van der Waals surface area (Å²) in [6.07, 6.45) is 0. The number of carbonyl (C=O) groups is 2. The number of thioether (sulfide) groups is 1. The monoisotopic (exact) mass is 319 g/mol. The molecule has 0 spiro atoms. The first-order valence-electron chi connectivity index (χ1n) is 4.80. The Balaban J connectivity index is 2.99. The standard InChI is InChI=1S/C11H7ClFNO3S2/c1-17-10(15)4-19-11(16)6-2-9(14-5-18)8(13)3-7(6)12/h2-3H,4H2,1H3. The van der Waals surface area contributed by atoms with Crippen molar-refractivity contribution in [3.63, 3.8) is 0 Å². The number of isothiocyanates is 1. The second kappa shape index (κ2) is 7.35. The van der Waals surface area contributed by atoms with Crippen LogP contribution in [0.15, 0.2) is 17.1 Å². The van der Waals surface area contributed by atoms with Crippen LogP contribution in [-0.4, -0.2) is 29.1 Å². The number of rotatable bonds is 4. The third kappa shape index (κ3) is 4.40. The molecule has 0 radical (unpaired) electrons. The summed E-state index contributed by atoms with van der Waals surface area (Å²) in [5.41, 5.74) is -0.0950. The number of hydrogen-bond acceptors (Lipinski definition) is 6.